The molecule has 6 heteroatoms. The van der Waals surface area contributed by atoms with Gasteiger partial charge in [-0.3, -0.25) is 4.79 Å². The number of amides is 1. The molecule has 0 aliphatic rings. The van der Waals surface area contributed by atoms with E-state index in [9.17, 15) is 9.90 Å². The van der Waals surface area contributed by atoms with E-state index in [0.29, 0.717) is 29.5 Å². The zero-order chi connectivity index (χ0) is 15.3. The van der Waals surface area contributed by atoms with Crippen molar-refractivity contribution in [1.29, 1.82) is 0 Å². The van der Waals surface area contributed by atoms with Crippen molar-refractivity contribution in [2.75, 3.05) is 25.0 Å². The molecule has 20 heavy (non-hydrogen) atoms. The van der Waals surface area contributed by atoms with E-state index >= 15 is 0 Å². The van der Waals surface area contributed by atoms with Crippen LogP contribution in [0.15, 0.2) is 12.3 Å². The topological polar surface area (TPSA) is 65.5 Å². The predicted octanol–water partition coefficient (Wildman–Crippen LogP) is 2.40. The smallest absolute Gasteiger partial charge is 0.255 e. The molecule has 112 valence electrons. The van der Waals surface area contributed by atoms with Crippen LogP contribution in [0.3, 0.4) is 0 Å². The highest BCUT2D eigenvalue weighted by Crippen LogP contribution is 2.21. The highest BCUT2D eigenvalue weighted by molar-refractivity contribution is 6.33. The average Bonchev–Trinajstić information content (AvgIpc) is 2.36. The van der Waals surface area contributed by atoms with Crippen molar-refractivity contribution in [3.05, 3.63) is 22.8 Å². The number of hydrogen-bond acceptors (Lipinski definition) is 4. The van der Waals surface area contributed by atoms with Gasteiger partial charge in [-0.15, -0.1) is 0 Å². The van der Waals surface area contributed by atoms with Crippen molar-refractivity contribution in [3.63, 3.8) is 0 Å². The molecule has 1 aromatic rings. The Balaban J connectivity index is 2.93. The van der Waals surface area contributed by atoms with Crippen molar-refractivity contribution < 1.29 is 9.90 Å². The van der Waals surface area contributed by atoms with Crippen LogP contribution in [0.4, 0.5) is 5.82 Å². The quantitative estimate of drug-likeness (QED) is 0.846. The monoisotopic (exact) mass is 299 g/mol. The van der Waals surface area contributed by atoms with E-state index in [1.54, 1.807) is 24.8 Å². The highest BCUT2D eigenvalue weighted by atomic mass is 35.5. The van der Waals surface area contributed by atoms with E-state index < -0.39 is 5.60 Å². The lowest BCUT2D eigenvalue weighted by Crippen LogP contribution is -2.42. The fourth-order valence-corrected chi connectivity index (χ4v) is 2.06. The molecule has 1 rings (SSSR count). The molecule has 0 aliphatic carbocycles. The van der Waals surface area contributed by atoms with Crippen molar-refractivity contribution >= 4 is 23.3 Å². The van der Waals surface area contributed by atoms with E-state index in [2.05, 4.69) is 10.3 Å². The van der Waals surface area contributed by atoms with Crippen LogP contribution in [-0.2, 0) is 0 Å². The standard InChI is InChI=1S/C14H22ClN3O2/c1-5-16-12-11(15)7-10(8-17-12)13(19)18(6-2)9-14(3,4)20/h7-8,20H,5-6,9H2,1-4H3,(H,16,17). The van der Waals surface area contributed by atoms with Gasteiger partial charge in [0.05, 0.1) is 16.2 Å². The van der Waals surface area contributed by atoms with E-state index in [-0.39, 0.29) is 12.5 Å². The number of hydrogen-bond donors (Lipinski definition) is 2. The van der Waals surface area contributed by atoms with E-state index in [1.165, 1.54) is 6.20 Å². The van der Waals surface area contributed by atoms with Gasteiger partial charge in [0.25, 0.3) is 5.91 Å². The SMILES string of the molecule is CCNc1ncc(C(=O)N(CC)CC(C)(C)O)cc1Cl. The Morgan fingerprint density at radius 1 is 1.50 bits per heavy atom. The summed E-state index contributed by atoms with van der Waals surface area (Å²) in [4.78, 5) is 18.1. The molecule has 0 atom stereocenters. The maximum atomic E-state index is 12.4. The minimum atomic E-state index is -0.938. The molecule has 0 radical (unpaired) electrons. The fourth-order valence-electron chi connectivity index (χ4n) is 1.83. The number of likely N-dealkylation sites (N-methyl/N-ethyl adjacent to an activating group) is 1. The number of aliphatic hydroxyl groups is 1. The second-order valence-corrected chi connectivity index (χ2v) is 5.62. The Kier molecular flexibility index (Phi) is 5.77. The molecule has 0 bridgehead atoms. The predicted molar refractivity (Wildman–Crippen MR) is 81.3 cm³/mol. The maximum Gasteiger partial charge on any atom is 0.255 e. The molecule has 0 aromatic carbocycles. The van der Waals surface area contributed by atoms with Crippen LogP contribution in [0.25, 0.3) is 0 Å². The summed E-state index contributed by atoms with van der Waals surface area (Å²) in [7, 11) is 0. The summed E-state index contributed by atoms with van der Waals surface area (Å²) in [5.74, 6) is 0.378. The van der Waals surface area contributed by atoms with Crippen molar-refractivity contribution in [3.8, 4) is 0 Å². The lowest BCUT2D eigenvalue weighted by atomic mass is 10.1. The number of halogens is 1. The molecular formula is C14H22ClN3O2. The Hall–Kier alpha value is -1.33. The van der Waals surface area contributed by atoms with Gasteiger partial charge < -0.3 is 15.3 Å². The molecule has 1 heterocycles. The van der Waals surface area contributed by atoms with Gasteiger partial charge >= 0.3 is 0 Å². The van der Waals surface area contributed by atoms with Gasteiger partial charge in [-0.05, 0) is 33.8 Å². The minimum absolute atomic E-state index is 0.188. The van der Waals surface area contributed by atoms with Crippen LogP contribution in [0, 0.1) is 0 Å². The molecule has 0 saturated carbocycles. The molecule has 0 fully saturated rings. The zero-order valence-electron chi connectivity index (χ0n) is 12.4. The number of nitrogens with zero attached hydrogens (tertiary/aromatic N) is 2. The Morgan fingerprint density at radius 2 is 2.15 bits per heavy atom. The number of aromatic nitrogens is 1. The van der Waals surface area contributed by atoms with E-state index in [0.717, 1.165) is 0 Å². The van der Waals surface area contributed by atoms with Crippen LogP contribution >= 0.6 is 11.6 Å². The van der Waals surface area contributed by atoms with E-state index in [1.807, 2.05) is 13.8 Å². The van der Waals surface area contributed by atoms with Gasteiger partial charge in [0.1, 0.15) is 5.82 Å². The summed E-state index contributed by atoms with van der Waals surface area (Å²) < 4.78 is 0. The Morgan fingerprint density at radius 3 is 2.60 bits per heavy atom. The first-order valence-corrected chi connectivity index (χ1v) is 7.07. The molecule has 2 N–H and O–H groups in total. The minimum Gasteiger partial charge on any atom is -0.389 e. The molecule has 1 aromatic heterocycles. The average molecular weight is 300 g/mol. The number of carbonyl (C=O) groups is 1. The number of nitrogens with one attached hydrogen (secondary N) is 1. The third-order valence-electron chi connectivity index (χ3n) is 2.68. The summed E-state index contributed by atoms with van der Waals surface area (Å²) >= 11 is 6.09. The largest absolute Gasteiger partial charge is 0.389 e. The third-order valence-corrected chi connectivity index (χ3v) is 2.97. The number of anilines is 1. The van der Waals surface area contributed by atoms with Crippen LogP contribution < -0.4 is 5.32 Å². The van der Waals surface area contributed by atoms with Crippen molar-refractivity contribution in [1.82, 2.24) is 9.88 Å². The van der Waals surface area contributed by atoms with Gasteiger partial charge in [0.2, 0.25) is 0 Å². The van der Waals surface area contributed by atoms with Crippen LogP contribution in [-0.4, -0.2) is 46.1 Å². The molecule has 0 unspecified atom stereocenters. The van der Waals surface area contributed by atoms with Gasteiger partial charge in [-0.25, -0.2) is 4.98 Å². The molecule has 0 spiro atoms. The Bertz CT molecular complexity index is 472. The molecule has 0 saturated heterocycles. The molecule has 1 amide bonds. The van der Waals surface area contributed by atoms with Gasteiger partial charge in [-0.1, -0.05) is 11.6 Å². The first kappa shape index (κ1) is 16.7. The summed E-state index contributed by atoms with van der Waals surface area (Å²) in [6.45, 7) is 8.62. The summed E-state index contributed by atoms with van der Waals surface area (Å²) in [5, 5.41) is 13.3. The highest BCUT2D eigenvalue weighted by Gasteiger charge is 2.23. The lowest BCUT2D eigenvalue weighted by Gasteiger charge is -2.28. The van der Waals surface area contributed by atoms with Crippen molar-refractivity contribution in [2.45, 2.75) is 33.3 Å². The molecular weight excluding hydrogens is 278 g/mol. The number of rotatable bonds is 6. The number of pyridine rings is 1. The third kappa shape index (κ3) is 4.65. The Labute approximate surface area is 125 Å². The second kappa shape index (κ2) is 6.90. The van der Waals surface area contributed by atoms with Gasteiger partial charge in [-0.2, -0.15) is 0 Å². The number of carbonyl (C=O) groups excluding carboxylic acids is 1. The lowest BCUT2D eigenvalue weighted by molar-refractivity contribution is 0.0314. The van der Waals surface area contributed by atoms with E-state index in [4.69, 9.17) is 11.6 Å². The van der Waals surface area contributed by atoms with Gasteiger partial charge in [0, 0.05) is 25.8 Å². The van der Waals surface area contributed by atoms with Crippen LogP contribution in [0.1, 0.15) is 38.1 Å². The molecule has 0 aliphatic heterocycles. The normalized spacial score (nSPS) is 11.3. The van der Waals surface area contributed by atoms with Crippen molar-refractivity contribution in [2.24, 2.45) is 0 Å². The van der Waals surface area contributed by atoms with Gasteiger partial charge in [0.15, 0.2) is 0 Å². The van der Waals surface area contributed by atoms with Crippen LogP contribution in [0.2, 0.25) is 5.02 Å². The molecule has 5 nitrogen and oxygen atoms in total. The zero-order valence-corrected chi connectivity index (χ0v) is 13.2. The summed E-state index contributed by atoms with van der Waals surface area (Å²) in [6.07, 6.45) is 1.50. The fraction of sp³-hybridized carbons (Fsp3) is 0.571. The maximum absolute atomic E-state index is 12.4. The summed E-state index contributed by atoms with van der Waals surface area (Å²) in [6, 6.07) is 1.60. The first-order valence-electron chi connectivity index (χ1n) is 6.69. The first-order chi connectivity index (χ1) is 9.28. The second-order valence-electron chi connectivity index (χ2n) is 5.22. The summed E-state index contributed by atoms with van der Waals surface area (Å²) in [5.41, 5.74) is -0.519. The van der Waals surface area contributed by atoms with Crippen LogP contribution in [0.5, 0.6) is 0 Å².